The summed E-state index contributed by atoms with van der Waals surface area (Å²) in [6.07, 6.45) is 2.56. The smallest absolute Gasteiger partial charge is 0.0466 e. The van der Waals surface area contributed by atoms with Crippen LogP contribution in [0, 0.1) is 0 Å². The van der Waals surface area contributed by atoms with Crippen molar-refractivity contribution in [1.29, 1.82) is 0 Å². The Morgan fingerprint density at radius 2 is 1.50 bits per heavy atom. The molecule has 0 atom stereocenters. The molecule has 0 N–H and O–H groups in total. The molecule has 1 fully saturated rings. The predicted molar refractivity (Wildman–Crippen MR) is 20.1 cm³/mol. The van der Waals surface area contributed by atoms with Gasteiger partial charge in [0.25, 0.3) is 0 Å². The Kier molecular flexibility index (Phi) is 3.93. The van der Waals surface area contributed by atoms with Crippen LogP contribution in [0.1, 0.15) is 12.8 Å². The van der Waals surface area contributed by atoms with Gasteiger partial charge in [-0.3, -0.25) is 0 Å². The van der Waals surface area contributed by atoms with E-state index in [4.69, 9.17) is 4.74 Å². The van der Waals surface area contributed by atoms with Crippen molar-refractivity contribution in [3.05, 3.63) is 0 Å². The van der Waals surface area contributed by atoms with Crippen molar-refractivity contribution in [3.63, 3.8) is 0 Å². The third-order valence-electron chi connectivity index (χ3n) is 0.827. The van der Waals surface area contributed by atoms with Gasteiger partial charge < -0.3 is 4.74 Å². The molecule has 1 aliphatic heterocycles. The maximum Gasteiger partial charge on any atom is 0.0466 e. The number of rotatable bonds is 0. The number of hydrogen-bond donors (Lipinski definition) is 0. The van der Waals surface area contributed by atoms with Gasteiger partial charge in [-0.05, 0) is 12.8 Å². The molecule has 0 aromatic heterocycles. The molecule has 1 heterocycles. The Labute approximate surface area is 48.3 Å². The van der Waals surface area contributed by atoms with Crippen LogP contribution < -0.4 is 0 Å². The summed E-state index contributed by atoms with van der Waals surface area (Å²) in [6.45, 7) is 2.00. The molecule has 1 rings (SSSR count). The fourth-order valence-corrected chi connectivity index (χ4v) is 0.510. The Balaban J connectivity index is 0.000000250. The zero-order valence-electron chi connectivity index (χ0n) is 3.57. The molecule has 1 aliphatic rings. The molecular formula is C4H8CoO. The monoisotopic (exact) mass is 131 g/mol. The Bertz CT molecular complexity index is 19.1. The van der Waals surface area contributed by atoms with Crippen LogP contribution in [0.5, 0.6) is 0 Å². The van der Waals surface area contributed by atoms with E-state index in [2.05, 4.69) is 0 Å². The van der Waals surface area contributed by atoms with Gasteiger partial charge in [0.05, 0.1) is 0 Å². The zero-order valence-corrected chi connectivity index (χ0v) is 4.61. The van der Waals surface area contributed by atoms with E-state index in [1.165, 1.54) is 12.8 Å². The summed E-state index contributed by atoms with van der Waals surface area (Å²) in [7, 11) is 0. The van der Waals surface area contributed by atoms with Gasteiger partial charge in [-0.1, -0.05) is 0 Å². The second-order valence-corrected chi connectivity index (χ2v) is 1.32. The molecule has 0 saturated carbocycles. The van der Waals surface area contributed by atoms with Crippen LogP contribution in [0.3, 0.4) is 0 Å². The maximum atomic E-state index is 4.94. The molecule has 1 saturated heterocycles. The molecule has 1 nitrogen and oxygen atoms in total. The van der Waals surface area contributed by atoms with E-state index < -0.39 is 0 Å². The van der Waals surface area contributed by atoms with Crippen molar-refractivity contribution >= 4 is 0 Å². The van der Waals surface area contributed by atoms with Crippen molar-refractivity contribution in [2.24, 2.45) is 0 Å². The summed E-state index contributed by atoms with van der Waals surface area (Å²) in [6, 6.07) is 0. The Hall–Kier alpha value is 0.466. The van der Waals surface area contributed by atoms with Gasteiger partial charge in [-0.15, -0.1) is 0 Å². The number of hydrogen-bond acceptors (Lipinski definition) is 1. The molecule has 1 radical (unpaired) electrons. The molecule has 0 aliphatic carbocycles. The van der Waals surface area contributed by atoms with Crippen LogP contribution in [-0.4, -0.2) is 13.2 Å². The molecule has 0 aromatic rings. The van der Waals surface area contributed by atoms with Crippen molar-refractivity contribution in [2.45, 2.75) is 12.8 Å². The molecule has 0 unspecified atom stereocenters. The fourth-order valence-electron chi connectivity index (χ4n) is 0.510. The van der Waals surface area contributed by atoms with E-state index in [0.717, 1.165) is 13.2 Å². The van der Waals surface area contributed by atoms with Crippen LogP contribution in [0.4, 0.5) is 0 Å². The van der Waals surface area contributed by atoms with E-state index in [0.29, 0.717) is 0 Å². The Morgan fingerprint density at radius 1 is 1.00 bits per heavy atom. The molecular weight excluding hydrogens is 123 g/mol. The number of ether oxygens (including phenoxy) is 1. The topological polar surface area (TPSA) is 9.23 Å². The quantitative estimate of drug-likeness (QED) is 0.472. The predicted octanol–water partition coefficient (Wildman–Crippen LogP) is 0.794. The van der Waals surface area contributed by atoms with Gasteiger partial charge in [0.15, 0.2) is 0 Å². The molecule has 0 aromatic carbocycles. The summed E-state index contributed by atoms with van der Waals surface area (Å²) in [4.78, 5) is 0. The molecule has 2 heteroatoms. The summed E-state index contributed by atoms with van der Waals surface area (Å²) in [5.74, 6) is 0. The minimum atomic E-state index is 0. The summed E-state index contributed by atoms with van der Waals surface area (Å²) >= 11 is 0. The van der Waals surface area contributed by atoms with Crippen LogP contribution >= 0.6 is 0 Å². The third-order valence-corrected chi connectivity index (χ3v) is 0.827. The van der Waals surface area contributed by atoms with Crippen LogP contribution in [0.15, 0.2) is 0 Å². The Morgan fingerprint density at radius 3 is 1.67 bits per heavy atom. The van der Waals surface area contributed by atoms with Crippen LogP contribution in [-0.2, 0) is 21.5 Å². The first-order chi connectivity index (χ1) is 2.50. The van der Waals surface area contributed by atoms with Crippen molar-refractivity contribution < 1.29 is 21.5 Å². The van der Waals surface area contributed by atoms with Gasteiger partial charge in [0, 0.05) is 30.0 Å². The maximum absolute atomic E-state index is 4.94. The first-order valence-electron chi connectivity index (χ1n) is 2.08. The van der Waals surface area contributed by atoms with Gasteiger partial charge in [-0.25, -0.2) is 0 Å². The summed E-state index contributed by atoms with van der Waals surface area (Å²) in [5, 5.41) is 0. The van der Waals surface area contributed by atoms with E-state index in [1.54, 1.807) is 0 Å². The average molecular weight is 131 g/mol. The van der Waals surface area contributed by atoms with Gasteiger partial charge >= 0.3 is 0 Å². The van der Waals surface area contributed by atoms with Crippen LogP contribution in [0.2, 0.25) is 0 Å². The normalized spacial score (nSPS) is 20.0. The zero-order chi connectivity index (χ0) is 3.54. The molecule has 39 valence electrons. The first kappa shape index (κ1) is 6.47. The van der Waals surface area contributed by atoms with E-state index >= 15 is 0 Å². The minimum Gasteiger partial charge on any atom is -0.381 e. The van der Waals surface area contributed by atoms with Crippen molar-refractivity contribution in [2.75, 3.05) is 13.2 Å². The standard InChI is InChI=1S/C4H8O.Co/c1-2-4-5-3-1;/h1-4H2;. The van der Waals surface area contributed by atoms with Gasteiger partial charge in [0.1, 0.15) is 0 Å². The fraction of sp³-hybridized carbons (Fsp3) is 1.00. The molecule has 0 bridgehead atoms. The third kappa shape index (κ3) is 1.80. The van der Waals surface area contributed by atoms with Crippen molar-refractivity contribution in [1.82, 2.24) is 0 Å². The van der Waals surface area contributed by atoms with Crippen molar-refractivity contribution in [3.8, 4) is 0 Å². The first-order valence-corrected chi connectivity index (χ1v) is 2.08. The van der Waals surface area contributed by atoms with E-state index in [1.807, 2.05) is 0 Å². The summed E-state index contributed by atoms with van der Waals surface area (Å²) < 4.78 is 4.94. The molecule has 6 heavy (non-hydrogen) atoms. The molecule has 0 spiro atoms. The second kappa shape index (κ2) is 3.65. The van der Waals surface area contributed by atoms with E-state index in [9.17, 15) is 0 Å². The minimum absolute atomic E-state index is 0. The molecule has 0 amide bonds. The SMILES string of the molecule is C1CCOC1.[Co]. The van der Waals surface area contributed by atoms with Crippen LogP contribution in [0.25, 0.3) is 0 Å². The summed E-state index contributed by atoms with van der Waals surface area (Å²) in [5.41, 5.74) is 0. The average Bonchev–Trinajstić information content (AvgIpc) is 1.76. The van der Waals surface area contributed by atoms with E-state index in [-0.39, 0.29) is 16.8 Å². The van der Waals surface area contributed by atoms with Gasteiger partial charge in [0.2, 0.25) is 0 Å². The largest absolute Gasteiger partial charge is 0.381 e. The van der Waals surface area contributed by atoms with Gasteiger partial charge in [-0.2, -0.15) is 0 Å². The second-order valence-electron chi connectivity index (χ2n) is 1.32.